The van der Waals surface area contributed by atoms with E-state index in [1.165, 1.54) is 0 Å². The van der Waals surface area contributed by atoms with E-state index in [9.17, 15) is 9.90 Å². The van der Waals surface area contributed by atoms with E-state index >= 15 is 0 Å². The van der Waals surface area contributed by atoms with E-state index in [-0.39, 0.29) is 18.1 Å². The number of aromatic carboxylic acids is 1. The average molecular weight is 280 g/mol. The third-order valence-corrected chi connectivity index (χ3v) is 3.02. The number of pyridine rings is 2. The highest BCUT2D eigenvalue weighted by Gasteiger charge is 2.15. The van der Waals surface area contributed by atoms with Crippen molar-refractivity contribution in [1.29, 1.82) is 0 Å². The maximum atomic E-state index is 11.3. The highest BCUT2D eigenvalue weighted by atomic mass is 16.5. The summed E-state index contributed by atoms with van der Waals surface area (Å²) in [5.41, 5.74) is 1.44. The third-order valence-electron chi connectivity index (χ3n) is 3.02. The molecule has 0 fully saturated rings. The number of carbonyl (C=O) groups is 1. The molecular weight excluding hydrogens is 268 g/mol. The summed E-state index contributed by atoms with van der Waals surface area (Å²) in [7, 11) is 0. The van der Waals surface area contributed by atoms with E-state index < -0.39 is 5.97 Å². The average Bonchev–Trinajstić information content (AvgIpc) is 2.53. The highest BCUT2D eigenvalue weighted by molar-refractivity contribution is 5.93. The molecule has 0 unspecified atom stereocenters. The molecule has 2 aromatic heterocycles. The molecule has 21 heavy (non-hydrogen) atoms. The summed E-state index contributed by atoms with van der Waals surface area (Å²) in [6, 6.07) is 12.9. The van der Waals surface area contributed by atoms with Crippen LogP contribution in [-0.4, -0.2) is 21.0 Å². The van der Waals surface area contributed by atoms with Crippen molar-refractivity contribution in [3.05, 3.63) is 66.1 Å². The summed E-state index contributed by atoms with van der Waals surface area (Å²) in [6.45, 7) is 0.286. The maximum absolute atomic E-state index is 11.3. The zero-order valence-corrected chi connectivity index (χ0v) is 11.1. The number of carboxylic acids is 1. The van der Waals surface area contributed by atoms with Gasteiger partial charge in [0, 0.05) is 17.8 Å². The summed E-state index contributed by atoms with van der Waals surface area (Å²) in [5, 5.41) is 10.0. The van der Waals surface area contributed by atoms with Crippen molar-refractivity contribution < 1.29 is 14.6 Å². The largest absolute Gasteiger partial charge is 0.486 e. The monoisotopic (exact) mass is 280 g/mol. The zero-order valence-electron chi connectivity index (χ0n) is 11.1. The molecule has 0 atom stereocenters. The number of nitrogens with zero attached hydrogens (tertiary/aromatic N) is 2. The summed E-state index contributed by atoms with van der Waals surface area (Å²) in [4.78, 5) is 19.4. The summed E-state index contributed by atoms with van der Waals surface area (Å²) in [5.74, 6) is -0.872. The van der Waals surface area contributed by atoms with Gasteiger partial charge in [-0.15, -0.1) is 0 Å². The molecule has 1 aromatic carbocycles. The Labute approximate surface area is 120 Å². The number of benzene rings is 1. The van der Waals surface area contributed by atoms with Gasteiger partial charge in [0.25, 0.3) is 0 Å². The SMILES string of the molecule is O=C(O)c1nc2ccncc2cc1OCc1ccccc1. The molecule has 0 aliphatic heterocycles. The number of carboxylic acid groups (broad SMARTS) is 1. The Bertz CT molecular complexity index is 788. The lowest BCUT2D eigenvalue weighted by Crippen LogP contribution is -2.06. The van der Waals surface area contributed by atoms with Crippen LogP contribution in [0.1, 0.15) is 16.1 Å². The minimum atomic E-state index is -1.11. The second kappa shape index (κ2) is 5.58. The number of hydrogen-bond donors (Lipinski definition) is 1. The number of rotatable bonds is 4. The van der Waals surface area contributed by atoms with E-state index in [2.05, 4.69) is 9.97 Å². The minimum absolute atomic E-state index is 0.0929. The molecule has 104 valence electrons. The van der Waals surface area contributed by atoms with Crippen LogP contribution in [0.25, 0.3) is 10.9 Å². The number of ether oxygens (including phenoxy) is 1. The topological polar surface area (TPSA) is 72.3 Å². The van der Waals surface area contributed by atoms with Crippen LogP contribution < -0.4 is 4.74 Å². The molecule has 0 aliphatic carbocycles. The lowest BCUT2D eigenvalue weighted by Gasteiger charge is -2.10. The van der Waals surface area contributed by atoms with Gasteiger partial charge in [-0.1, -0.05) is 30.3 Å². The Morgan fingerprint density at radius 3 is 2.76 bits per heavy atom. The van der Waals surface area contributed by atoms with Crippen LogP contribution in [-0.2, 0) is 6.61 Å². The van der Waals surface area contributed by atoms with Crippen LogP contribution in [0.2, 0.25) is 0 Å². The van der Waals surface area contributed by atoms with Crippen LogP contribution >= 0.6 is 0 Å². The van der Waals surface area contributed by atoms with Crippen molar-refractivity contribution in [2.24, 2.45) is 0 Å². The molecule has 0 radical (unpaired) electrons. The molecule has 5 nitrogen and oxygen atoms in total. The molecule has 3 aromatic rings. The van der Waals surface area contributed by atoms with Gasteiger partial charge < -0.3 is 9.84 Å². The molecule has 0 bridgehead atoms. The van der Waals surface area contributed by atoms with Crippen molar-refractivity contribution in [2.45, 2.75) is 6.61 Å². The van der Waals surface area contributed by atoms with Gasteiger partial charge in [-0.05, 0) is 17.7 Å². The van der Waals surface area contributed by atoms with Crippen LogP contribution in [0.4, 0.5) is 0 Å². The fraction of sp³-hybridized carbons (Fsp3) is 0.0625. The zero-order chi connectivity index (χ0) is 14.7. The molecule has 0 saturated heterocycles. The maximum Gasteiger partial charge on any atom is 0.358 e. The Balaban J connectivity index is 1.96. The normalized spacial score (nSPS) is 10.5. The molecule has 2 heterocycles. The van der Waals surface area contributed by atoms with Crippen LogP contribution in [0, 0.1) is 0 Å². The van der Waals surface area contributed by atoms with Crippen LogP contribution in [0.5, 0.6) is 5.75 Å². The number of aromatic nitrogens is 2. The standard InChI is InChI=1S/C16H12N2O3/c19-16(20)15-14(21-10-11-4-2-1-3-5-11)8-12-9-17-7-6-13(12)18-15/h1-9H,10H2,(H,19,20). The highest BCUT2D eigenvalue weighted by Crippen LogP contribution is 2.23. The van der Waals surface area contributed by atoms with Gasteiger partial charge in [0.05, 0.1) is 5.52 Å². The Morgan fingerprint density at radius 1 is 1.19 bits per heavy atom. The second-order valence-electron chi connectivity index (χ2n) is 4.48. The molecule has 5 heteroatoms. The number of fused-ring (bicyclic) bond motifs is 1. The van der Waals surface area contributed by atoms with Crippen molar-refractivity contribution in [1.82, 2.24) is 9.97 Å². The molecule has 0 saturated carbocycles. The first-order valence-corrected chi connectivity index (χ1v) is 6.39. The molecule has 3 rings (SSSR count). The summed E-state index contributed by atoms with van der Waals surface area (Å²) < 4.78 is 5.62. The van der Waals surface area contributed by atoms with E-state index in [0.717, 1.165) is 10.9 Å². The predicted molar refractivity (Wildman–Crippen MR) is 77.3 cm³/mol. The predicted octanol–water partition coefficient (Wildman–Crippen LogP) is 2.91. The lowest BCUT2D eigenvalue weighted by atomic mass is 10.2. The van der Waals surface area contributed by atoms with Crippen molar-refractivity contribution in [3.8, 4) is 5.75 Å². The molecular formula is C16H12N2O3. The lowest BCUT2D eigenvalue weighted by molar-refractivity contribution is 0.0685. The molecule has 0 amide bonds. The van der Waals surface area contributed by atoms with E-state index in [1.54, 1.807) is 24.5 Å². The van der Waals surface area contributed by atoms with Gasteiger partial charge in [0.1, 0.15) is 6.61 Å². The van der Waals surface area contributed by atoms with Gasteiger partial charge in [0.15, 0.2) is 11.4 Å². The first-order valence-electron chi connectivity index (χ1n) is 6.39. The van der Waals surface area contributed by atoms with Crippen molar-refractivity contribution in [3.63, 3.8) is 0 Å². The first kappa shape index (κ1) is 13.1. The minimum Gasteiger partial charge on any atom is -0.486 e. The van der Waals surface area contributed by atoms with E-state index in [0.29, 0.717) is 5.52 Å². The summed E-state index contributed by atoms with van der Waals surface area (Å²) >= 11 is 0. The van der Waals surface area contributed by atoms with Gasteiger partial charge in [-0.2, -0.15) is 0 Å². The van der Waals surface area contributed by atoms with Crippen molar-refractivity contribution >= 4 is 16.9 Å². The Morgan fingerprint density at radius 2 is 2.00 bits per heavy atom. The second-order valence-corrected chi connectivity index (χ2v) is 4.48. The van der Waals surface area contributed by atoms with Gasteiger partial charge in [-0.3, -0.25) is 4.98 Å². The molecule has 0 aliphatic rings. The quantitative estimate of drug-likeness (QED) is 0.795. The van der Waals surface area contributed by atoms with E-state index in [1.807, 2.05) is 30.3 Å². The third kappa shape index (κ3) is 2.81. The Hall–Kier alpha value is -2.95. The molecule has 1 N–H and O–H groups in total. The smallest absolute Gasteiger partial charge is 0.358 e. The number of hydrogen-bond acceptors (Lipinski definition) is 4. The van der Waals surface area contributed by atoms with Crippen molar-refractivity contribution in [2.75, 3.05) is 0 Å². The first-order chi connectivity index (χ1) is 10.2. The van der Waals surface area contributed by atoms with Crippen LogP contribution in [0.3, 0.4) is 0 Å². The fourth-order valence-corrected chi connectivity index (χ4v) is 2.00. The molecule has 0 spiro atoms. The van der Waals surface area contributed by atoms with Crippen LogP contribution in [0.15, 0.2) is 54.9 Å². The van der Waals surface area contributed by atoms with Gasteiger partial charge in [0.2, 0.25) is 0 Å². The fourth-order valence-electron chi connectivity index (χ4n) is 2.00. The van der Waals surface area contributed by atoms with E-state index in [4.69, 9.17) is 4.74 Å². The Kier molecular flexibility index (Phi) is 3.47. The van der Waals surface area contributed by atoms with Gasteiger partial charge >= 0.3 is 5.97 Å². The summed E-state index contributed by atoms with van der Waals surface area (Å²) in [6.07, 6.45) is 3.20. The van der Waals surface area contributed by atoms with Gasteiger partial charge in [-0.25, -0.2) is 9.78 Å².